The fourth-order valence-corrected chi connectivity index (χ4v) is 2.39. The van der Waals surface area contributed by atoms with E-state index in [0.29, 0.717) is 13.2 Å². The number of anilines is 2. The van der Waals surface area contributed by atoms with Crippen LogP contribution >= 0.6 is 0 Å². The predicted molar refractivity (Wildman–Crippen MR) is 79.3 cm³/mol. The highest BCUT2D eigenvalue weighted by atomic mass is 16.5. The van der Waals surface area contributed by atoms with Gasteiger partial charge in [0.25, 0.3) is 0 Å². The standard InChI is InChI=1S/C14H18N6O/c1-19(2)14-13(17-5-6-18-14)11-10-20(7-8-21-11)12-9-15-3-4-16-12/h3-6,9,11H,7-8,10H2,1-2H3/t11-/m1/s1. The SMILES string of the molecule is CN(C)c1nccnc1[C@H]1CN(c2cnccn2)CCO1. The van der Waals surface area contributed by atoms with Crippen LogP contribution in [0.1, 0.15) is 11.8 Å². The summed E-state index contributed by atoms with van der Waals surface area (Å²) in [4.78, 5) is 21.4. The van der Waals surface area contributed by atoms with E-state index in [9.17, 15) is 0 Å². The van der Waals surface area contributed by atoms with E-state index in [0.717, 1.165) is 23.9 Å². The Hall–Kier alpha value is -2.28. The molecular weight excluding hydrogens is 268 g/mol. The Kier molecular flexibility index (Phi) is 3.92. The molecule has 0 aliphatic carbocycles. The quantitative estimate of drug-likeness (QED) is 0.830. The molecule has 2 aromatic rings. The lowest BCUT2D eigenvalue weighted by molar-refractivity contribution is 0.0369. The summed E-state index contributed by atoms with van der Waals surface area (Å²) in [6.07, 6.45) is 8.43. The summed E-state index contributed by atoms with van der Waals surface area (Å²) < 4.78 is 5.89. The monoisotopic (exact) mass is 286 g/mol. The molecule has 0 aromatic carbocycles. The third kappa shape index (κ3) is 2.92. The average Bonchev–Trinajstić information content (AvgIpc) is 2.56. The zero-order valence-electron chi connectivity index (χ0n) is 12.2. The Bertz CT molecular complexity index is 591. The highest BCUT2D eigenvalue weighted by Crippen LogP contribution is 2.27. The van der Waals surface area contributed by atoms with Gasteiger partial charge in [-0.1, -0.05) is 0 Å². The minimum atomic E-state index is -0.119. The first-order valence-electron chi connectivity index (χ1n) is 6.86. The molecule has 110 valence electrons. The van der Waals surface area contributed by atoms with Crippen molar-refractivity contribution >= 4 is 11.6 Å². The molecule has 21 heavy (non-hydrogen) atoms. The van der Waals surface area contributed by atoms with Gasteiger partial charge in [0.15, 0.2) is 5.82 Å². The second-order valence-electron chi connectivity index (χ2n) is 5.03. The van der Waals surface area contributed by atoms with Crippen molar-refractivity contribution < 1.29 is 4.74 Å². The summed E-state index contributed by atoms with van der Waals surface area (Å²) in [5.74, 6) is 1.70. The van der Waals surface area contributed by atoms with Crippen molar-refractivity contribution in [2.24, 2.45) is 0 Å². The van der Waals surface area contributed by atoms with E-state index in [1.54, 1.807) is 31.0 Å². The molecule has 0 unspecified atom stereocenters. The van der Waals surface area contributed by atoms with E-state index >= 15 is 0 Å². The summed E-state index contributed by atoms with van der Waals surface area (Å²) in [6.45, 7) is 2.12. The van der Waals surface area contributed by atoms with Crippen molar-refractivity contribution in [2.75, 3.05) is 43.6 Å². The van der Waals surface area contributed by atoms with Crippen LogP contribution in [0.15, 0.2) is 31.0 Å². The molecule has 1 atom stereocenters. The molecule has 3 rings (SSSR count). The summed E-state index contributed by atoms with van der Waals surface area (Å²) in [7, 11) is 3.91. The maximum Gasteiger partial charge on any atom is 0.152 e. The van der Waals surface area contributed by atoms with Gasteiger partial charge in [0.1, 0.15) is 17.6 Å². The van der Waals surface area contributed by atoms with Gasteiger partial charge in [0, 0.05) is 45.4 Å². The molecule has 7 nitrogen and oxygen atoms in total. The maximum absolute atomic E-state index is 5.89. The van der Waals surface area contributed by atoms with Crippen LogP contribution in [0.4, 0.5) is 11.6 Å². The molecule has 1 aliphatic rings. The maximum atomic E-state index is 5.89. The van der Waals surface area contributed by atoms with Gasteiger partial charge in [-0.2, -0.15) is 0 Å². The lowest BCUT2D eigenvalue weighted by atomic mass is 10.2. The van der Waals surface area contributed by atoms with E-state index < -0.39 is 0 Å². The van der Waals surface area contributed by atoms with Crippen molar-refractivity contribution in [2.45, 2.75) is 6.10 Å². The van der Waals surface area contributed by atoms with Gasteiger partial charge in [0.2, 0.25) is 0 Å². The molecule has 2 aromatic heterocycles. The Morgan fingerprint density at radius 3 is 2.71 bits per heavy atom. The molecule has 0 bridgehead atoms. The first-order chi connectivity index (χ1) is 10.3. The third-order valence-electron chi connectivity index (χ3n) is 3.37. The van der Waals surface area contributed by atoms with E-state index in [1.165, 1.54) is 0 Å². The van der Waals surface area contributed by atoms with Crippen LogP contribution in [0, 0.1) is 0 Å². The van der Waals surface area contributed by atoms with Gasteiger partial charge in [-0.05, 0) is 0 Å². The number of nitrogens with zero attached hydrogens (tertiary/aromatic N) is 6. The van der Waals surface area contributed by atoms with Crippen molar-refractivity contribution in [1.29, 1.82) is 0 Å². The lowest BCUT2D eigenvalue weighted by Crippen LogP contribution is -2.39. The Morgan fingerprint density at radius 2 is 1.95 bits per heavy atom. The molecule has 7 heteroatoms. The van der Waals surface area contributed by atoms with Gasteiger partial charge in [-0.15, -0.1) is 0 Å². The number of hydrogen-bond donors (Lipinski definition) is 0. The highest BCUT2D eigenvalue weighted by molar-refractivity contribution is 5.44. The summed E-state index contributed by atoms with van der Waals surface area (Å²) in [5, 5.41) is 0. The van der Waals surface area contributed by atoms with Gasteiger partial charge >= 0.3 is 0 Å². The van der Waals surface area contributed by atoms with Crippen LogP contribution < -0.4 is 9.80 Å². The van der Waals surface area contributed by atoms with E-state index in [4.69, 9.17) is 4.74 Å². The first-order valence-corrected chi connectivity index (χ1v) is 6.86. The second kappa shape index (κ2) is 6.01. The molecule has 3 heterocycles. The van der Waals surface area contributed by atoms with Crippen molar-refractivity contribution in [3.63, 3.8) is 0 Å². The van der Waals surface area contributed by atoms with Crippen molar-refractivity contribution in [1.82, 2.24) is 19.9 Å². The number of ether oxygens (including phenoxy) is 1. The van der Waals surface area contributed by atoms with Crippen molar-refractivity contribution in [3.05, 3.63) is 36.7 Å². The predicted octanol–water partition coefficient (Wildman–Crippen LogP) is 0.910. The number of rotatable bonds is 3. The fourth-order valence-electron chi connectivity index (χ4n) is 2.39. The van der Waals surface area contributed by atoms with Crippen LogP contribution in [-0.4, -0.2) is 53.7 Å². The van der Waals surface area contributed by atoms with E-state index in [-0.39, 0.29) is 6.10 Å². The van der Waals surface area contributed by atoms with E-state index in [1.807, 2.05) is 19.0 Å². The summed E-state index contributed by atoms with van der Waals surface area (Å²) in [6, 6.07) is 0. The van der Waals surface area contributed by atoms with Gasteiger partial charge in [0.05, 0.1) is 19.3 Å². The topological polar surface area (TPSA) is 67.3 Å². The molecular formula is C14H18N6O. The van der Waals surface area contributed by atoms with Gasteiger partial charge in [-0.25, -0.2) is 9.97 Å². The molecule has 0 spiro atoms. The minimum Gasteiger partial charge on any atom is -0.368 e. The number of morpholine rings is 1. The molecule has 1 fully saturated rings. The average molecular weight is 286 g/mol. The third-order valence-corrected chi connectivity index (χ3v) is 3.37. The van der Waals surface area contributed by atoms with Gasteiger partial charge < -0.3 is 14.5 Å². The first kappa shape index (κ1) is 13.7. The molecule has 0 radical (unpaired) electrons. The lowest BCUT2D eigenvalue weighted by Gasteiger charge is -2.34. The minimum absolute atomic E-state index is 0.119. The van der Waals surface area contributed by atoms with Crippen molar-refractivity contribution in [3.8, 4) is 0 Å². The molecule has 0 amide bonds. The smallest absolute Gasteiger partial charge is 0.152 e. The zero-order valence-corrected chi connectivity index (χ0v) is 12.2. The highest BCUT2D eigenvalue weighted by Gasteiger charge is 2.27. The van der Waals surface area contributed by atoms with E-state index in [2.05, 4.69) is 24.8 Å². The Morgan fingerprint density at radius 1 is 1.14 bits per heavy atom. The van der Waals surface area contributed by atoms with Crippen LogP contribution in [-0.2, 0) is 4.74 Å². The Balaban J connectivity index is 1.84. The molecule has 0 N–H and O–H groups in total. The van der Waals surface area contributed by atoms with Crippen LogP contribution in [0.5, 0.6) is 0 Å². The number of hydrogen-bond acceptors (Lipinski definition) is 7. The van der Waals surface area contributed by atoms with Crippen LogP contribution in [0.2, 0.25) is 0 Å². The molecule has 1 aliphatic heterocycles. The molecule has 0 saturated carbocycles. The zero-order chi connectivity index (χ0) is 14.7. The number of aromatic nitrogens is 4. The van der Waals surface area contributed by atoms with Crippen LogP contribution in [0.25, 0.3) is 0 Å². The fraction of sp³-hybridized carbons (Fsp3) is 0.429. The largest absolute Gasteiger partial charge is 0.368 e. The normalized spacial score (nSPS) is 18.6. The van der Waals surface area contributed by atoms with Gasteiger partial charge in [-0.3, -0.25) is 9.97 Å². The molecule has 1 saturated heterocycles. The second-order valence-corrected chi connectivity index (χ2v) is 5.03. The van der Waals surface area contributed by atoms with Crippen LogP contribution in [0.3, 0.4) is 0 Å². The summed E-state index contributed by atoms with van der Waals surface area (Å²) >= 11 is 0. The summed E-state index contributed by atoms with van der Waals surface area (Å²) in [5.41, 5.74) is 0.857. The Labute approximate surface area is 123 Å².